The van der Waals surface area contributed by atoms with Crippen molar-refractivity contribution < 1.29 is 0 Å². The van der Waals surface area contributed by atoms with Crippen LogP contribution in [0.5, 0.6) is 0 Å². The molecule has 0 N–H and O–H groups in total. The van der Waals surface area contributed by atoms with E-state index in [1.165, 1.54) is 9.36 Å². The molecule has 0 radical (unpaired) electrons. The van der Waals surface area contributed by atoms with Gasteiger partial charge in [0.2, 0.25) is 0 Å². The summed E-state index contributed by atoms with van der Waals surface area (Å²) < 4.78 is 8.21. The molecule has 1 atom stereocenters. The molecule has 0 saturated heterocycles. The van der Waals surface area contributed by atoms with Gasteiger partial charge >= 0.3 is 70.9 Å². The summed E-state index contributed by atoms with van der Waals surface area (Å²) >= 11 is 4.12. The molecule has 2 aromatic rings. The van der Waals surface area contributed by atoms with Gasteiger partial charge in [0.05, 0.1) is 0 Å². The molecule has 50 valence electrons. The Kier molecular flexibility index (Phi) is 0.390. The number of benzene rings is 1. The van der Waals surface area contributed by atoms with Crippen molar-refractivity contribution in [3.63, 3.8) is 0 Å². The fraction of sp³-hybridized carbons (Fsp3) is 0. The van der Waals surface area contributed by atoms with Gasteiger partial charge in [0.15, 0.2) is 0 Å². The van der Waals surface area contributed by atoms with E-state index in [0.717, 1.165) is 5.52 Å². The quantitative estimate of drug-likeness (QED) is 0.308. The van der Waals surface area contributed by atoms with E-state index in [1.807, 2.05) is 0 Å². The summed E-state index contributed by atoms with van der Waals surface area (Å²) in [6.45, 7) is 0. The molecule has 0 fully saturated rings. The normalized spacial score (nSPS) is 30.6. The van der Waals surface area contributed by atoms with Crippen LogP contribution >= 0.6 is 11.8 Å². The monoisotopic (exact) mass is 268 g/mol. The van der Waals surface area contributed by atoms with Crippen molar-refractivity contribution in [2.75, 3.05) is 0 Å². The van der Waals surface area contributed by atoms with Crippen molar-refractivity contribution in [1.82, 2.24) is 9.07 Å². The van der Waals surface area contributed by atoms with E-state index in [4.69, 9.17) is 11.8 Å². The predicted molar refractivity (Wildman–Crippen MR) is 45.3 cm³/mol. The van der Waals surface area contributed by atoms with E-state index in [-0.39, 0.29) is 0 Å². The number of imidazole rings is 1. The Hall–Kier alpha value is -0.221. The molecule has 6 rings (SSSR count). The summed E-state index contributed by atoms with van der Waals surface area (Å²) in [5.74, 6) is 0. The van der Waals surface area contributed by atoms with Crippen LogP contribution in [0.25, 0.3) is 11.0 Å². The Bertz CT molecular complexity index is 600. The van der Waals surface area contributed by atoms with E-state index < -0.39 is 18.4 Å². The van der Waals surface area contributed by atoms with E-state index >= 15 is 0 Å². The second-order valence-electron chi connectivity index (χ2n) is 3.51. The van der Waals surface area contributed by atoms with Crippen LogP contribution in [-0.4, -0.2) is 27.4 Å². The van der Waals surface area contributed by atoms with Crippen molar-refractivity contribution in [2.45, 2.75) is 0 Å². The summed E-state index contributed by atoms with van der Waals surface area (Å²) in [5.41, 5.74) is 2.40. The fourth-order valence-electron chi connectivity index (χ4n) is 2.70. The van der Waals surface area contributed by atoms with Gasteiger partial charge in [0.25, 0.3) is 0 Å². The number of hydrogen-bond acceptors (Lipinski definition) is 1. The molecule has 1 spiro atoms. The Labute approximate surface area is 70.8 Å². The van der Waals surface area contributed by atoms with Gasteiger partial charge in [-0.05, 0) is 0 Å². The second-order valence-corrected chi connectivity index (χ2v) is 13.8. The third-order valence-corrected chi connectivity index (χ3v) is 16.0. The van der Waals surface area contributed by atoms with Gasteiger partial charge < -0.3 is 0 Å². The molecule has 4 bridgehead atoms. The predicted octanol–water partition coefficient (Wildman–Crippen LogP) is -1.64. The van der Waals surface area contributed by atoms with Gasteiger partial charge in [-0.15, -0.1) is 0 Å². The standard InChI is InChI=1S/C7HClN2.Sn/c8-10-5-9-6-3-1-2-4-7(6)10;/h4H;. The van der Waals surface area contributed by atoms with Gasteiger partial charge in [0.1, 0.15) is 0 Å². The Morgan fingerprint density at radius 1 is 1.45 bits per heavy atom. The number of hydrogen-bond donors (Lipinski definition) is 0. The maximum atomic E-state index is 6.06. The third-order valence-electron chi connectivity index (χ3n) is 3.26. The zero-order valence-electron chi connectivity index (χ0n) is 5.35. The van der Waals surface area contributed by atoms with Crippen molar-refractivity contribution in [1.29, 1.82) is 0 Å². The van der Waals surface area contributed by atoms with Gasteiger partial charge in [-0.3, -0.25) is 0 Å². The molecule has 1 aromatic heterocycles. The summed E-state index contributed by atoms with van der Waals surface area (Å²) in [7, 11) is 0. The molecule has 1 aromatic carbocycles. The average Bonchev–Trinajstić information content (AvgIpc) is 2.81. The summed E-state index contributed by atoms with van der Waals surface area (Å²) in [4.78, 5) is 4.52. The van der Waals surface area contributed by atoms with Crippen molar-refractivity contribution in [2.24, 2.45) is 0 Å². The van der Waals surface area contributed by atoms with Gasteiger partial charge in [-0.2, -0.15) is 0 Å². The first-order valence-electron chi connectivity index (χ1n) is 3.64. The summed E-state index contributed by atoms with van der Waals surface area (Å²) in [5, 5.41) is 0. The Morgan fingerprint density at radius 3 is 3.09 bits per heavy atom. The number of halogens is 1. The van der Waals surface area contributed by atoms with Gasteiger partial charge in [-0.1, -0.05) is 0 Å². The topological polar surface area (TPSA) is 17.8 Å². The van der Waals surface area contributed by atoms with Crippen LogP contribution < -0.4 is 14.6 Å². The van der Waals surface area contributed by atoms with Crippen molar-refractivity contribution in [3.05, 3.63) is 6.07 Å². The van der Waals surface area contributed by atoms with Crippen LogP contribution in [0.1, 0.15) is 0 Å². The molecule has 0 amide bonds. The van der Waals surface area contributed by atoms with Crippen molar-refractivity contribution in [3.8, 4) is 0 Å². The summed E-state index contributed by atoms with van der Waals surface area (Å²) in [6, 6.07) is 2.26. The van der Waals surface area contributed by atoms with Gasteiger partial charge in [0, 0.05) is 0 Å². The molecular weight excluding hydrogens is 266 g/mol. The molecule has 5 heterocycles. The zero-order valence-corrected chi connectivity index (χ0v) is 8.96. The molecule has 4 aliphatic heterocycles. The van der Waals surface area contributed by atoms with Crippen LogP contribution in [0.15, 0.2) is 6.07 Å². The third kappa shape index (κ3) is 0.221. The number of aromatic nitrogens is 2. The minimum absolute atomic E-state index is 1.16. The second kappa shape index (κ2) is 0.910. The first-order valence-corrected chi connectivity index (χ1v) is 9.69. The molecule has 4 aliphatic rings. The summed E-state index contributed by atoms with van der Waals surface area (Å²) in [6.07, 6.45) is 0. The molecule has 1 unspecified atom stereocenters. The number of rotatable bonds is 0. The van der Waals surface area contributed by atoms with Crippen LogP contribution in [0.2, 0.25) is 0 Å². The van der Waals surface area contributed by atoms with E-state index in [9.17, 15) is 0 Å². The average molecular weight is 267 g/mol. The molecular formula is C7HClN2Sn. The van der Waals surface area contributed by atoms with E-state index in [0.29, 0.717) is 0 Å². The molecule has 0 saturated carbocycles. The first kappa shape index (κ1) is 4.72. The molecule has 2 nitrogen and oxygen atoms in total. The Balaban J connectivity index is 2.44. The zero-order chi connectivity index (χ0) is 6.96. The fourth-order valence-corrected chi connectivity index (χ4v) is 19.8. The molecule has 11 heavy (non-hydrogen) atoms. The van der Waals surface area contributed by atoms with E-state index in [1.54, 1.807) is 14.8 Å². The molecule has 4 heteroatoms. The first-order chi connectivity index (χ1) is 5.37. The Morgan fingerprint density at radius 2 is 2.36 bits per heavy atom. The van der Waals surface area contributed by atoms with Gasteiger partial charge in [-0.25, -0.2) is 0 Å². The SMILES string of the molecule is Cln1[c]2nc3[c]4[c]5[c](cc31)[Sn]542. The van der Waals surface area contributed by atoms with Crippen molar-refractivity contribution >= 4 is 55.8 Å². The minimum atomic E-state index is -1.94. The van der Waals surface area contributed by atoms with Crippen LogP contribution in [0.3, 0.4) is 0 Å². The van der Waals surface area contributed by atoms with E-state index in [2.05, 4.69) is 11.1 Å². The van der Waals surface area contributed by atoms with Crippen LogP contribution in [0.4, 0.5) is 0 Å². The number of nitrogens with zero attached hydrogens (tertiary/aromatic N) is 2. The van der Waals surface area contributed by atoms with Crippen LogP contribution in [-0.2, 0) is 0 Å². The molecule has 0 aliphatic carbocycles. The maximum absolute atomic E-state index is 6.06. The van der Waals surface area contributed by atoms with Crippen LogP contribution in [0, 0.1) is 0 Å².